The molecule has 36 heavy (non-hydrogen) atoms. The van der Waals surface area contributed by atoms with Crippen molar-refractivity contribution in [3.8, 4) is 5.75 Å². The zero-order valence-corrected chi connectivity index (χ0v) is 20.7. The fourth-order valence-electron chi connectivity index (χ4n) is 5.79. The van der Waals surface area contributed by atoms with E-state index in [2.05, 4.69) is 0 Å². The minimum atomic E-state index is -0.724. The molecule has 2 aromatic heterocycles. The number of methoxy groups -OCH3 is 1. The number of halogens is 1. The second-order valence-corrected chi connectivity index (χ2v) is 9.93. The highest BCUT2D eigenvalue weighted by Crippen LogP contribution is 2.46. The van der Waals surface area contributed by atoms with Crippen LogP contribution in [0.15, 0.2) is 64.4 Å². The Hall–Kier alpha value is -3.71. The summed E-state index contributed by atoms with van der Waals surface area (Å²) in [7, 11) is 3.43. The van der Waals surface area contributed by atoms with Gasteiger partial charge in [0.25, 0.3) is 5.91 Å². The number of benzene rings is 2. The summed E-state index contributed by atoms with van der Waals surface area (Å²) in [5, 5.41) is 13.1. The highest BCUT2D eigenvalue weighted by molar-refractivity contribution is 6.31. The van der Waals surface area contributed by atoms with Crippen LogP contribution in [0.1, 0.15) is 47.8 Å². The van der Waals surface area contributed by atoms with Crippen LogP contribution >= 0.6 is 11.6 Å². The molecule has 1 unspecified atom stereocenters. The van der Waals surface area contributed by atoms with Crippen molar-refractivity contribution in [1.82, 2.24) is 9.47 Å². The van der Waals surface area contributed by atoms with Crippen LogP contribution in [0.25, 0.3) is 21.9 Å². The summed E-state index contributed by atoms with van der Waals surface area (Å²) < 4.78 is 13.3. The van der Waals surface area contributed by atoms with E-state index in [-0.39, 0.29) is 17.4 Å². The minimum Gasteiger partial charge on any atom is -0.503 e. The number of aromatic nitrogens is 1. The van der Waals surface area contributed by atoms with E-state index in [1.54, 1.807) is 23.1 Å². The summed E-state index contributed by atoms with van der Waals surface area (Å²) in [4.78, 5) is 29.2. The molecular formula is C28H25ClN2O5. The number of carbonyl (C=O) groups is 2. The Labute approximate surface area is 212 Å². The van der Waals surface area contributed by atoms with Gasteiger partial charge in [0.2, 0.25) is 5.78 Å². The quantitative estimate of drug-likeness (QED) is 0.331. The van der Waals surface area contributed by atoms with Crippen molar-refractivity contribution in [3.05, 3.63) is 76.3 Å². The zero-order chi connectivity index (χ0) is 25.1. The highest BCUT2D eigenvalue weighted by Gasteiger charge is 2.48. The Balaban J connectivity index is 1.53. The standard InChI is InChI=1S/C28H25ClN2O5/c1-30-14-19(18-9-5-6-10-20(18)30)24-23(26(33)28(34)31(24)17-7-3-4-8-17)25(32)21-12-15-11-16(29)13-22(35-2)27(15)36-21/h5-6,9-14,17,24,33H,3-4,7-8H2,1-2H3. The molecule has 1 N–H and O–H groups in total. The number of rotatable bonds is 5. The van der Waals surface area contributed by atoms with Crippen LogP contribution in [0.5, 0.6) is 5.75 Å². The number of nitrogens with zero attached hydrogens (tertiary/aromatic N) is 2. The molecule has 4 aromatic rings. The predicted molar refractivity (Wildman–Crippen MR) is 137 cm³/mol. The number of ketones is 1. The van der Waals surface area contributed by atoms with Crippen molar-refractivity contribution < 1.29 is 23.8 Å². The number of Topliss-reactive ketones (excluding diaryl/α,β-unsaturated/α-hetero) is 1. The van der Waals surface area contributed by atoms with Gasteiger partial charge in [-0.3, -0.25) is 9.59 Å². The number of furan rings is 1. The van der Waals surface area contributed by atoms with Gasteiger partial charge in [0.1, 0.15) is 0 Å². The number of aliphatic hydroxyl groups is 1. The SMILES string of the molecule is COc1cc(Cl)cc2cc(C(=O)C3=C(O)C(=O)N(C4CCCC4)C3c3cn(C)c4ccccc34)oc12. The Morgan fingerprint density at radius 1 is 1.17 bits per heavy atom. The van der Waals surface area contributed by atoms with Gasteiger partial charge in [-0.15, -0.1) is 0 Å². The molecule has 0 radical (unpaired) electrons. The van der Waals surface area contributed by atoms with Crippen LogP contribution in [0.2, 0.25) is 5.02 Å². The number of aryl methyl sites for hydroxylation is 1. The Morgan fingerprint density at radius 3 is 2.67 bits per heavy atom. The smallest absolute Gasteiger partial charge is 0.290 e. The summed E-state index contributed by atoms with van der Waals surface area (Å²) in [6.07, 6.45) is 5.62. The van der Waals surface area contributed by atoms with Crippen LogP contribution in [0.4, 0.5) is 0 Å². The Bertz CT molecular complexity index is 1570. The summed E-state index contributed by atoms with van der Waals surface area (Å²) in [5.41, 5.74) is 2.20. The predicted octanol–water partition coefficient (Wildman–Crippen LogP) is 6.11. The van der Waals surface area contributed by atoms with E-state index >= 15 is 0 Å². The maximum atomic E-state index is 14.0. The maximum absolute atomic E-state index is 14.0. The molecule has 1 aliphatic heterocycles. The van der Waals surface area contributed by atoms with Gasteiger partial charge in [-0.05, 0) is 31.0 Å². The normalized spacial score (nSPS) is 18.8. The summed E-state index contributed by atoms with van der Waals surface area (Å²) in [5.74, 6) is -1.15. The first-order chi connectivity index (χ1) is 17.4. The fourth-order valence-corrected chi connectivity index (χ4v) is 6.01. The van der Waals surface area contributed by atoms with Crippen LogP contribution < -0.4 is 4.74 Å². The lowest BCUT2D eigenvalue weighted by Gasteiger charge is -2.31. The molecule has 1 fully saturated rings. The van der Waals surface area contributed by atoms with E-state index in [0.717, 1.165) is 42.1 Å². The van der Waals surface area contributed by atoms with Gasteiger partial charge in [0.05, 0.1) is 18.7 Å². The monoisotopic (exact) mass is 504 g/mol. The van der Waals surface area contributed by atoms with Crippen LogP contribution in [0.3, 0.4) is 0 Å². The Morgan fingerprint density at radius 2 is 1.92 bits per heavy atom. The lowest BCUT2D eigenvalue weighted by Crippen LogP contribution is -2.38. The molecule has 184 valence electrons. The van der Waals surface area contributed by atoms with Crippen LogP contribution in [-0.4, -0.2) is 39.4 Å². The first-order valence-electron chi connectivity index (χ1n) is 12.0. The third-order valence-corrected chi connectivity index (χ3v) is 7.64. The number of amides is 1. The third kappa shape index (κ3) is 3.33. The molecule has 2 aromatic carbocycles. The van der Waals surface area contributed by atoms with Crippen molar-refractivity contribution >= 4 is 45.2 Å². The van der Waals surface area contributed by atoms with E-state index in [4.69, 9.17) is 20.8 Å². The maximum Gasteiger partial charge on any atom is 0.290 e. The van der Waals surface area contributed by atoms with Crippen molar-refractivity contribution in [3.63, 3.8) is 0 Å². The number of hydrogen-bond acceptors (Lipinski definition) is 5. The number of ether oxygens (including phenoxy) is 1. The van der Waals surface area contributed by atoms with E-state index in [0.29, 0.717) is 21.7 Å². The number of para-hydroxylation sites is 1. The molecule has 1 atom stereocenters. The van der Waals surface area contributed by atoms with Crippen LogP contribution in [0, 0.1) is 0 Å². The van der Waals surface area contributed by atoms with Crippen molar-refractivity contribution in [2.75, 3.05) is 7.11 Å². The van der Waals surface area contributed by atoms with Crippen molar-refractivity contribution in [1.29, 1.82) is 0 Å². The number of carbonyl (C=O) groups excluding carboxylic acids is 2. The number of aliphatic hydroxyl groups excluding tert-OH is 1. The van der Waals surface area contributed by atoms with Crippen molar-refractivity contribution in [2.45, 2.75) is 37.8 Å². The molecule has 3 heterocycles. The lowest BCUT2D eigenvalue weighted by atomic mass is 9.93. The van der Waals surface area contributed by atoms with Gasteiger partial charge in [-0.1, -0.05) is 42.6 Å². The van der Waals surface area contributed by atoms with E-state index in [9.17, 15) is 14.7 Å². The molecule has 0 bridgehead atoms. The topological polar surface area (TPSA) is 84.9 Å². The van der Waals surface area contributed by atoms with E-state index in [1.165, 1.54) is 7.11 Å². The number of hydrogen-bond donors (Lipinski definition) is 1. The fraction of sp³-hybridized carbons (Fsp3) is 0.286. The van der Waals surface area contributed by atoms with Gasteiger partial charge in [0.15, 0.2) is 22.9 Å². The third-order valence-electron chi connectivity index (χ3n) is 7.42. The van der Waals surface area contributed by atoms with Gasteiger partial charge in [-0.25, -0.2) is 0 Å². The molecule has 8 heteroatoms. The average Bonchev–Trinajstić information content (AvgIpc) is 3.65. The average molecular weight is 505 g/mol. The van der Waals surface area contributed by atoms with Gasteiger partial charge in [-0.2, -0.15) is 0 Å². The van der Waals surface area contributed by atoms with Gasteiger partial charge < -0.3 is 23.7 Å². The second kappa shape index (κ2) is 8.45. The van der Waals surface area contributed by atoms with Crippen LogP contribution in [-0.2, 0) is 11.8 Å². The van der Waals surface area contributed by atoms with Gasteiger partial charge >= 0.3 is 0 Å². The molecule has 6 rings (SSSR count). The molecule has 0 spiro atoms. The first kappa shape index (κ1) is 22.7. The summed E-state index contributed by atoms with van der Waals surface area (Å²) >= 11 is 6.20. The van der Waals surface area contributed by atoms with E-state index in [1.807, 2.05) is 42.1 Å². The number of fused-ring (bicyclic) bond motifs is 2. The molecule has 1 aliphatic carbocycles. The molecule has 0 saturated heterocycles. The molecule has 7 nitrogen and oxygen atoms in total. The summed E-state index contributed by atoms with van der Waals surface area (Å²) in [6, 6.07) is 12.0. The summed E-state index contributed by atoms with van der Waals surface area (Å²) in [6.45, 7) is 0. The molecule has 1 amide bonds. The van der Waals surface area contributed by atoms with E-state index < -0.39 is 23.5 Å². The first-order valence-corrected chi connectivity index (χ1v) is 12.4. The molecular weight excluding hydrogens is 480 g/mol. The second-order valence-electron chi connectivity index (χ2n) is 9.49. The highest BCUT2D eigenvalue weighted by atomic mass is 35.5. The molecule has 2 aliphatic rings. The molecule has 1 saturated carbocycles. The van der Waals surface area contributed by atoms with Crippen molar-refractivity contribution in [2.24, 2.45) is 7.05 Å². The lowest BCUT2D eigenvalue weighted by molar-refractivity contribution is -0.131. The Kier molecular flexibility index (Phi) is 5.34. The largest absolute Gasteiger partial charge is 0.503 e. The minimum absolute atomic E-state index is 0.0124. The van der Waals surface area contributed by atoms with Gasteiger partial charge in [0, 0.05) is 52.2 Å². The zero-order valence-electron chi connectivity index (χ0n) is 20.0.